The summed E-state index contributed by atoms with van der Waals surface area (Å²) in [5.74, 6) is -4.45. The second-order valence-corrected chi connectivity index (χ2v) is 15.8. The van der Waals surface area contributed by atoms with Crippen molar-refractivity contribution >= 4 is 18.0 Å². The van der Waals surface area contributed by atoms with Crippen molar-refractivity contribution in [1.82, 2.24) is 24.7 Å². The number of rotatable bonds is 8. The second kappa shape index (κ2) is 14.0. The molecule has 1 aromatic heterocycles. The van der Waals surface area contributed by atoms with Crippen LogP contribution in [-0.2, 0) is 47.5 Å². The molecule has 6 rings (SSSR count). The number of carbonyl (C=O) groups is 3. The third-order valence-electron chi connectivity index (χ3n) is 9.66. The first-order valence-corrected chi connectivity index (χ1v) is 17.4. The Morgan fingerprint density at radius 3 is 2.25 bits per heavy atom. The van der Waals surface area contributed by atoms with Gasteiger partial charge in [0.05, 0.1) is 6.10 Å². The number of likely N-dealkylation sites (N-methyl/N-ethyl adjacent to an activating group) is 2. The summed E-state index contributed by atoms with van der Waals surface area (Å²) in [6, 6.07) is -1.78. The first-order valence-electron chi connectivity index (χ1n) is 17.4. The van der Waals surface area contributed by atoms with Crippen molar-refractivity contribution in [3.63, 3.8) is 0 Å². The highest BCUT2D eigenvalue weighted by Crippen LogP contribution is 2.46. The van der Waals surface area contributed by atoms with Crippen molar-refractivity contribution in [3.05, 3.63) is 33.1 Å². The van der Waals surface area contributed by atoms with Crippen LogP contribution in [-0.4, -0.2) is 159 Å². The number of aromatic nitrogens is 2. The molecule has 6 heterocycles. The fraction of sp³-hybridized carbons (Fsp3) is 0.788. The summed E-state index contributed by atoms with van der Waals surface area (Å²) in [5.41, 5.74) is -2.18. The van der Waals surface area contributed by atoms with E-state index in [4.69, 9.17) is 37.9 Å². The SMILES string of the molecule is CN1C[C@H](O)[C@@H](C(=O)O)N(C)C(=O)C1[C@H](OC1OC(CNC(=O)OC(C)(C)C)C2OC(C)(C)OC12)C1OC(n2ccc(=O)[nH]c2=O)C2OC(C)(C)OC21. The number of carboxylic acid groups (broad SMARTS) is 1. The molecule has 0 bridgehead atoms. The van der Waals surface area contributed by atoms with Gasteiger partial charge in [-0.3, -0.25) is 24.0 Å². The Morgan fingerprint density at radius 1 is 1.00 bits per heavy atom. The molecule has 53 heavy (non-hydrogen) atoms. The summed E-state index contributed by atoms with van der Waals surface area (Å²) < 4.78 is 51.1. The fourth-order valence-electron chi connectivity index (χ4n) is 7.65. The zero-order valence-corrected chi connectivity index (χ0v) is 31.0. The molecular weight excluding hydrogens is 706 g/mol. The molecule has 20 nitrogen and oxygen atoms in total. The topological polar surface area (TPSA) is 239 Å². The molecule has 296 valence electrons. The van der Waals surface area contributed by atoms with E-state index in [9.17, 15) is 34.2 Å². The van der Waals surface area contributed by atoms with E-state index in [1.165, 1.54) is 25.2 Å². The molecule has 9 unspecified atom stereocenters. The average Bonchev–Trinajstić information content (AvgIpc) is 3.69. The highest BCUT2D eigenvalue weighted by Gasteiger charge is 2.63. The smallest absolute Gasteiger partial charge is 0.407 e. The molecule has 0 spiro atoms. The summed E-state index contributed by atoms with van der Waals surface area (Å²) in [4.78, 5) is 68.8. The Hall–Kier alpha value is -3.47. The molecule has 5 fully saturated rings. The van der Waals surface area contributed by atoms with E-state index < -0.39 is 120 Å². The zero-order valence-electron chi connectivity index (χ0n) is 31.0. The number of carbonyl (C=O) groups excluding carboxylic acids is 2. The van der Waals surface area contributed by atoms with Gasteiger partial charge in [-0.25, -0.2) is 14.4 Å². The Kier molecular flexibility index (Phi) is 10.4. The van der Waals surface area contributed by atoms with Gasteiger partial charge in [-0.15, -0.1) is 0 Å². The Labute approximate surface area is 304 Å². The van der Waals surface area contributed by atoms with Gasteiger partial charge in [0.1, 0.15) is 54.4 Å². The number of carboxylic acids is 1. The minimum Gasteiger partial charge on any atom is -0.480 e. The van der Waals surface area contributed by atoms with Crippen LogP contribution in [0.25, 0.3) is 0 Å². The number of ether oxygens (including phenoxy) is 8. The lowest BCUT2D eigenvalue weighted by molar-refractivity contribution is -0.271. The van der Waals surface area contributed by atoms with Gasteiger partial charge in [0.15, 0.2) is 30.1 Å². The van der Waals surface area contributed by atoms with Crippen molar-refractivity contribution in [2.24, 2.45) is 0 Å². The van der Waals surface area contributed by atoms with Crippen LogP contribution in [0.3, 0.4) is 0 Å². The largest absolute Gasteiger partial charge is 0.480 e. The molecule has 12 atom stereocenters. The van der Waals surface area contributed by atoms with Gasteiger partial charge < -0.3 is 58.3 Å². The predicted octanol–water partition coefficient (Wildman–Crippen LogP) is -1.30. The maximum absolute atomic E-state index is 14.4. The second-order valence-electron chi connectivity index (χ2n) is 15.8. The highest BCUT2D eigenvalue weighted by atomic mass is 16.8. The molecule has 0 aromatic carbocycles. The molecule has 0 radical (unpaired) electrons. The number of nitrogens with zero attached hydrogens (tertiary/aromatic N) is 3. The molecule has 20 heteroatoms. The quantitative estimate of drug-likeness (QED) is 0.241. The number of H-pyrrole nitrogens is 1. The van der Waals surface area contributed by atoms with Crippen LogP contribution >= 0.6 is 0 Å². The first kappa shape index (κ1) is 39.2. The van der Waals surface area contributed by atoms with Crippen molar-refractivity contribution in [2.75, 3.05) is 27.2 Å². The van der Waals surface area contributed by atoms with E-state index in [0.717, 1.165) is 15.5 Å². The van der Waals surface area contributed by atoms with Gasteiger partial charge in [0.25, 0.3) is 5.56 Å². The molecular formula is C33H49N5O15. The number of aliphatic carboxylic acids is 1. The van der Waals surface area contributed by atoms with Gasteiger partial charge >= 0.3 is 17.8 Å². The monoisotopic (exact) mass is 755 g/mol. The highest BCUT2D eigenvalue weighted by molar-refractivity contribution is 5.88. The molecule has 5 aliphatic rings. The van der Waals surface area contributed by atoms with E-state index in [2.05, 4.69) is 10.3 Å². The Morgan fingerprint density at radius 2 is 1.62 bits per heavy atom. The maximum Gasteiger partial charge on any atom is 0.407 e. The molecule has 5 aliphatic heterocycles. The van der Waals surface area contributed by atoms with Gasteiger partial charge in [0.2, 0.25) is 5.91 Å². The van der Waals surface area contributed by atoms with Crippen LogP contribution < -0.4 is 16.6 Å². The summed E-state index contributed by atoms with van der Waals surface area (Å²) >= 11 is 0. The lowest BCUT2D eigenvalue weighted by atomic mass is 9.97. The summed E-state index contributed by atoms with van der Waals surface area (Å²) in [6.45, 7) is 11.6. The van der Waals surface area contributed by atoms with E-state index in [-0.39, 0.29) is 13.1 Å². The zero-order chi connectivity index (χ0) is 38.9. The van der Waals surface area contributed by atoms with E-state index in [0.29, 0.717) is 0 Å². The maximum atomic E-state index is 14.4. The predicted molar refractivity (Wildman–Crippen MR) is 177 cm³/mol. The van der Waals surface area contributed by atoms with Crippen molar-refractivity contribution < 1.29 is 62.5 Å². The number of hydrogen-bond acceptors (Lipinski definition) is 15. The van der Waals surface area contributed by atoms with Gasteiger partial charge in [0, 0.05) is 32.4 Å². The number of nitrogens with one attached hydrogen (secondary N) is 2. The number of fused-ring (bicyclic) bond motifs is 2. The molecule has 4 N–H and O–H groups in total. The van der Waals surface area contributed by atoms with Gasteiger partial charge in [-0.2, -0.15) is 0 Å². The van der Waals surface area contributed by atoms with Crippen LogP contribution in [0, 0.1) is 0 Å². The summed E-state index contributed by atoms with van der Waals surface area (Å²) in [5, 5.41) is 23.6. The number of aliphatic hydroxyl groups excluding tert-OH is 1. The fourth-order valence-corrected chi connectivity index (χ4v) is 7.65. The lowest BCUT2D eigenvalue weighted by Crippen LogP contribution is -2.59. The number of aliphatic hydroxyl groups is 1. The van der Waals surface area contributed by atoms with E-state index in [1.807, 2.05) is 0 Å². The third-order valence-corrected chi connectivity index (χ3v) is 9.66. The van der Waals surface area contributed by atoms with Crippen LogP contribution in [0.1, 0.15) is 54.7 Å². The Balaban J connectivity index is 1.39. The third kappa shape index (κ3) is 7.87. The molecule has 0 saturated carbocycles. The Bertz CT molecular complexity index is 1690. The van der Waals surface area contributed by atoms with Crippen LogP contribution in [0.15, 0.2) is 21.9 Å². The standard InChI is InChI=1S/C33H49N5O15/c1-31(2,3)53-30(45)34-12-15-19-24(52-32(4,5)49-19)28(46-15)48-20(18-25(41)37(9)17(27(42)43)14(39)13-36(18)8)21-22-23(51-33(6,7)50-22)26(47-21)38-11-10-16(40)35-29(38)44/h10-11,14-15,17-24,26,28,39H,12-13H2,1-9H3,(H,34,45)(H,42,43)(H,35,40,44)/t14-,15?,17-,18?,19?,20-,21?,22?,23?,24?,26?,28?/m0/s1. The van der Waals surface area contributed by atoms with Gasteiger partial charge in [-0.1, -0.05) is 0 Å². The molecule has 1 aromatic rings. The van der Waals surface area contributed by atoms with Crippen LogP contribution in [0.4, 0.5) is 4.79 Å². The number of amides is 2. The minimum absolute atomic E-state index is 0.0650. The number of β-amino-alcohol motifs (C(OH)–C–C–N with tert-alkyl or cyclic N) is 1. The molecule has 0 aliphatic carbocycles. The van der Waals surface area contributed by atoms with Gasteiger partial charge in [-0.05, 0) is 55.5 Å². The van der Waals surface area contributed by atoms with Crippen molar-refractivity contribution in [3.8, 4) is 0 Å². The van der Waals surface area contributed by atoms with E-state index in [1.54, 1.807) is 48.5 Å². The van der Waals surface area contributed by atoms with Crippen molar-refractivity contribution in [1.29, 1.82) is 0 Å². The summed E-state index contributed by atoms with van der Waals surface area (Å²) in [6.07, 6.45) is -10.4. The minimum atomic E-state index is -1.59. The van der Waals surface area contributed by atoms with Crippen LogP contribution in [0.5, 0.6) is 0 Å². The number of hydrogen-bond donors (Lipinski definition) is 4. The first-order chi connectivity index (χ1) is 24.6. The average molecular weight is 756 g/mol. The molecule has 2 amide bonds. The van der Waals surface area contributed by atoms with E-state index >= 15 is 0 Å². The van der Waals surface area contributed by atoms with Crippen LogP contribution in [0.2, 0.25) is 0 Å². The number of alkyl carbamates (subject to hydrolysis) is 1. The molecule has 5 saturated heterocycles. The van der Waals surface area contributed by atoms with Crippen molar-refractivity contribution in [2.45, 2.75) is 139 Å². The summed E-state index contributed by atoms with van der Waals surface area (Å²) in [7, 11) is 2.79. The normalized spacial score (nSPS) is 37.2. The number of aromatic amines is 1. The lowest BCUT2D eigenvalue weighted by Gasteiger charge is -2.39.